The minimum Gasteiger partial charge on any atom is -0.494 e. The average Bonchev–Trinajstić information content (AvgIpc) is 3.27. The fourth-order valence-corrected chi connectivity index (χ4v) is 4.16. The third-order valence-electron chi connectivity index (χ3n) is 3.89. The van der Waals surface area contributed by atoms with Crippen molar-refractivity contribution in [3.05, 3.63) is 39.8 Å². The van der Waals surface area contributed by atoms with E-state index < -0.39 is 0 Å². The van der Waals surface area contributed by atoms with Crippen molar-refractivity contribution in [1.29, 1.82) is 0 Å². The number of aromatic nitrogens is 5. The van der Waals surface area contributed by atoms with E-state index in [9.17, 15) is 0 Å². The summed E-state index contributed by atoms with van der Waals surface area (Å²) in [6.07, 6.45) is 2.22. The maximum Gasteiger partial charge on any atom is 0.214 e. The van der Waals surface area contributed by atoms with Crippen LogP contribution in [0.5, 0.6) is 5.75 Å². The highest BCUT2D eigenvalue weighted by Gasteiger charge is 2.14. The monoisotopic (exact) mass is 389 g/mol. The van der Waals surface area contributed by atoms with Gasteiger partial charge in [0.1, 0.15) is 11.4 Å². The third kappa shape index (κ3) is 4.62. The number of hydrogen-bond donors (Lipinski definition) is 0. The van der Waals surface area contributed by atoms with Gasteiger partial charge in [-0.3, -0.25) is 0 Å². The molecule has 0 atom stereocenters. The number of nitrogens with zero attached hydrogens (tertiary/aromatic N) is 5. The second-order valence-electron chi connectivity index (χ2n) is 6.50. The van der Waals surface area contributed by atoms with Crippen molar-refractivity contribution >= 4 is 23.1 Å². The third-order valence-corrected chi connectivity index (χ3v) is 5.80. The Balaban J connectivity index is 1.71. The predicted octanol–water partition coefficient (Wildman–Crippen LogP) is 4.32. The summed E-state index contributed by atoms with van der Waals surface area (Å²) in [7, 11) is 1.65. The number of hydrogen-bond acceptors (Lipinski definition) is 7. The van der Waals surface area contributed by atoms with Crippen molar-refractivity contribution in [3.63, 3.8) is 0 Å². The van der Waals surface area contributed by atoms with Crippen LogP contribution in [0.25, 0.3) is 5.69 Å². The van der Waals surface area contributed by atoms with Crippen molar-refractivity contribution < 1.29 is 4.74 Å². The van der Waals surface area contributed by atoms with Crippen LogP contribution >= 0.6 is 23.1 Å². The number of thioether (sulfide) groups is 1. The number of ether oxygens (including phenoxy) is 1. The SMILES string of the molecule is COc1ccc(C)cc1-n1nnnc1SCc1csc(CCC(C)C)n1. The number of methoxy groups -OCH3 is 1. The molecule has 0 fully saturated rings. The van der Waals surface area contributed by atoms with Crippen LogP contribution < -0.4 is 4.74 Å². The van der Waals surface area contributed by atoms with Gasteiger partial charge in [0.15, 0.2) is 0 Å². The van der Waals surface area contributed by atoms with Crippen LogP contribution in [0.2, 0.25) is 0 Å². The van der Waals surface area contributed by atoms with Gasteiger partial charge in [-0.1, -0.05) is 31.7 Å². The average molecular weight is 390 g/mol. The van der Waals surface area contributed by atoms with Crippen molar-refractivity contribution in [3.8, 4) is 11.4 Å². The van der Waals surface area contributed by atoms with Gasteiger partial charge in [0, 0.05) is 11.1 Å². The molecule has 0 saturated heterocycles. The molecule has 0 radical (unpaired) electrons. The molecule has 0 spiro atoms. The molecule has 3 aromatic rings. The highest BCUT2D eigenvalue weighted by Crippen LogP contribution is 2.28. The molecule has 0 unspecified atom stereocenters. The number of tetrazole rings is 1. The lowest BCUT2D eigenvalue weighted by molar-refractivity contribution is 0.410. The minimum atomic E-state index is 0.700. The summed E-state index contributed by atoms with van der Waals surface area (Å²) >= 11 is 3.31. The normalized spacial score (nSPS) is 11.3. The van der Waals surface area contributed by atoms with Gasteiger partial charge in [-0.2, -0.15) is 4.68 Å². The summed E-state index contributed by atoms with van der Waals surface area (Å²) < 4.78 is 7.18. The fraction of sp³-hybridized carbons (Fsp3) is 0.444. The highest BCUT2D eigenvalue weighted by molar-refractivity contribution is 7.98. The number of thiazole rings is 1. The predicted molar refractivity (Wildman–Crippen MR) is 105 cm³/mol. The van der Waals surface area contributed by atoms with Gasteiger partial charge in [-0.05, 0) is 53.8 Å². The first-order valence-electron chi connectivity index (χ1n) is 8.56. The van der Waals surface area contributed by atoms with E-state index in [1.54, 1.807) is 34.9 Å². The Hall–Kier alpha value is -1.93. The van der Waals surface area contributed by atoms with Crippen molar-refractivity contribution in [2.75, 3.05) is 7.11 Å². The van der Waals surface area contributed by atoms with Gasteiger partial charge < -0.3 is 4.74 Å². The first-order valence-corrected chi connectivity index (χ1v) is 10.4. The molecule has 1 aromatic carbocycles. The summed E-state index contributed by atoms with van der Waals surface area (Å²) in [6.45, 7) is 6.52. The summed E-state index contributed by atoms with van der Waals surface area (Å²) in [4.78, 5) is 4.73. The molecule has 0 N–H and O–H groups in total. The second kappa shape index (κ2) is 8.64. The lowest BCUT2D eigenvalue weighted by Crippen LogP contribution is -2.02. The standard InChI is InChI=1S/C18H23N5OS2/c1-12(2)5-8-17-19-14(10-25-17)11-26-18-20-21-22-23(18)15-9-13(3)6-7-16(15)24-4/h6-7,9-10,12H,5,8,11H2,1-4H3. The van der Waals surface area contributed by atoms with Gasteiger partial charge in [-0.25, -0.2) is 4.98 Å². The molecule has 2 aromatic heterocycles. The molecule has 3 rings (SSSR count). The van der Waals surface area contributed by atoms with Crippen LogP contribution in [0.15, 0.2) is 28.7 Å². The van der Waals surface area contributed by atoms with Gasteiger partial charge >= 0.3 is 0 Å². The number of rotatable bonds is 8. The molecule has 2 heterocycles. The van der Waals surface area contributed by atoms with Crippen molar-refractivity contribution in [2.24, 2.45) is 5.92 Å². The van der Waals surface area contributed by atoms with Crippen LogP contribution in [-0.2, 0) is 12.2 Å². The Kier molecular flexibility index (Phi) is 6.26. The Bertz CT molecular complexity index is 859. The fourth-order valence-electron chi connectivity index (χ4n) is 2.47. The number of benzene rings is 1. The van der Waals surface area contributed by atoms with Crippen LogP contribution in [-0.4, -0.2) is 32.3 Å². The zero-order chi connectivity index (χ0) is 18.5. The van der Waals surface area contributed by atoms with Crippen LogP contribution in [0.4, 0.5) is 0 Å². The van der Waals surface area contributed by atoms with E-state index >= 15 is 0 Å². The van der Waals surface area contributed by atoms with E-state index in [1.807, 2.05) is 25.1 Å². The maximum atomic E-state index is 5.46. The molecule has 0 aliphatic heterocycles. The van der Waals surface area contributed by atoms with Gasteiger partial charge in [0.05, 0.1) is 17.8 Å². The van der Waals surface area contributed by atoms with Gasteiger partial charge in [0.2, 0.25) is 5.16 Å². The smallest absolute Gasteiger partial charge is 0.214 e. The summed E-state index contributed by atoms with van der Waals surface area (Å²) in [6, 6.07) is 5.96. The Labute approximate surface area is 162 Å². The minimum absolute atomic E-state index is 0.700. The molecule has 0 bridgehead atoms. The largest absolute Gasteiger partial charge is 0.494 e. The molecule has 138 valence electrons. The Morgan fingerprint density at radius 3 is 2.92 bits per heavy atom. The van der Waals surface area contributed by atoms with Crippen LogP contribution in [0.3, 0.4) is 0 Å². The van der Waals surface area contributed by atoms with E-state index in [4.69, 9.17) is 9.72 Å². The molecular weight excluding hydrogens is 366 g/mol. The molecule has 26 heavy (non-hydrogen) atoms. The van der Waals surface area contributed by atoms with Crippen LogP contribution in [0.1, 0.15) is 36.5 Å². The lowest BCUT2D eigenvalue weighted by atomic mass is 10.1. The highest BCUT2D eigenvalue weighted by atomic mass is 32.2. The van der Waals surface area contributed by atoms with E-state index in [2.05, 4.69) is 34.8 Å². The van der Waals surface area contributed by atoms with Gasteiger partial charge in [-0.15, -0.1) is 16.4 Å². The Morgan fingerprint density at radius 1 is 1.31 bits per heavy atom. The Morgan fingerprint density at radius 2 is 2.15 bits per heavy atom. The lowest BCUT2D eigenvalue weighted by Gasteiger charge is -2.10. The zero-order valence-corrected chi connectivity index (χ0v) is 17.1. The quantitative estimate of drug-likeness (QED) is 0.535. The maximum absolute atomic E-state index is 5.46. The van der Waals surface area contributed by atoms with E-state index in [1.165, 1.54) is 11.4 Å². The molecular formula is C18H23N5OS2. The van der Waals surface area contributed by atoms with Gasteiger partial charge in [0.25, 0.3) is 0 Å². The number of aryl methyl sites for hydroxylation is 2. The zero-order valence-electron chi connectivity index (χ0n) is 15.5. The molecule has 0 aliphatic rings. The first-order chi connectivity index (χ1) is 12.6. The molecule has 0 amide bonds. The second-order valence-corrected chi connectivity index (χ2v) is 8.39. The van der Waals surface area contributed by atoms with Crippen molar-refractivity contribution in [1.82, 2.24) is 25.2 Å². The van der Waals surface area contributed by atoms with E-state index in [-0.39, 0.29) is 0 Å². The summed E-state index contributed by atoms with van der Waals surface area (Å²) in [5, 5.41) is 16.2. The molecule has 8 heteroatoms. The summed E-state index contributed by atoms with van der Waals surface area (Å²) in [5.41, 5.74) is 3.04. The van der Waals surface area contributed by atoms with E-state index in [0.717, 1.165) is 40.0 Å². The first kappa shape index (κ1) is 18.8. The molecule has 0 saturated carbocycles. The molecule has 0 aliphatic carbocycles. The van der Waals surface area contributed by atoms with Crippen LogP contribution in [0, 0.1) is 12.8 Å². The summed E-state index contributed by atoms with van der Waals surface area (Å²) in [5.74, 6) is 2.19. The molecule has 6 nitrogen and oxygen atoms in total. The van der Waals surface area contributed by atoms with Crippen molar-refractivity contribution in [2.45, 2.75) is 44.5 Å². The topological polar surface area (TPSA) is 65.7 Å². The van der Waals surface area contributed by atoms with E-state index in [0.29, 0.717) is 5.92 Å².